The molecule has 1 saturated heterocycles. The zero-order valence-electron chi connectivity index (χ0n) is 12.3. The summed E-state index contributed by atoms with van der Waals surface area (Å²) >= 11 is 0. The summed E-state index contributed by atoms with van der Waals surface area (Å²) in [6.07, 6.45) is 0. The number of hydrogen-bond donors (Lipinski definition) is 1. The Bertz CT molecular complexity index is 294. The van der Waals surface area contributed by atoms with Crippen LogP contribution in [0, 0.1) is 0 Å². The molecule has 0 aromatic rings. The summed E-state index contributed by atoms with van der Waals surface area (Å²) < 4.78 is 0. The molecule has 1 amide bonds. The highest BCUT2D eigenvalue weighted by Gasteiger charge is 2.45. The highest BCUT2D eigenvalue weighted by molar-refractivity contribution is 5.83. The zero-order chi connectivity index (χ0) is 13.4. The third kappa shape index (κ3) is 2.80. The molecule has 1 aliphatic rings. The van der Waals surface area contributed by atoms with Crippen molar-refractivity contribution in [2.75, 3.05) is 27.2 Å². The molecule has 1 fully saturated rings. The van der Waals surface area contributed by atoms with Gasteiger partial charge in [0, 0.05) is 31.2 Å². The second kappa shape index (κ2) is 4.58. The van der Waals surface area contributed by atoms with Gasteiger partial charge in [-0.1, -0.05) is 0 Å². The molecular weight excluding hydrogens is 214 g/mol. The fraction of sp³-hybridized carbons (Fsp3) is 0.923. The number of carbonyl (C=O) groups excluding carboxylic acids is 1. The molecule has 0 aliphatic carbocycles. The van der Waals surface area contributed by atoms with Crippen LogP contribution in [-0.2, 0) is 4.79 Å². The van der Waals surface area contributed by atoms with Gasteiger partial charge in [-0.25, -0.2) is 0 Å². The lowest BCUT2D eigenvalue weighted by Crippen LogP contribution is -2.70. The molecule has 4 nitrogen and oxygen atoms in total. The first kappa shape index (κ1) is 14.5. The Morgan fingerprint density at radius 3 is 2.35 bits per heavy atom. The second-order valence-corrected chi connectivity index (χ2v) is 6.58. The lowest BCUT2D eigenvalue weighted by Gasteiger charge is -2.53. The maximum Gasteiger partial charge on any atom is 0.241 e. The van der Waals surface area contributed by atoms with Gasteiger partial charge in [0.2, 0.25) is 5.91 Å². The summed E-state index contributed by atoms with van der Waals surface area (Å²) in [5.41, 5.74) is -0.0929. The van der Waals surface area contributed by atoms with Crippen LogP contribution in [0.15, 0.2) is 0 Å². The molecule has 0 spiro atoms. The molecule has 0 aromatic heterocycles. The zero-order valence-corrected chi connectivity index (χ0v) is 12.3. The Kier molecular flexibility index (Phi) is 3.89. The summed E-state index contributed by atoms with van der Waals surface area (Å²) in [4.78, 5) is 16.6. The van der Waals surface area contributed by atoms with Crippen molar-refractivity contribution >= 4 is 5.91 Å². The molecule has 17 heavy (non-hydrogen) atoms. The van der Waals surface area contributed by atoms with Gasteiger partial charge in [-0.05, 0) is 41.7 Å². The van der Waals surface area contributed by atoms with Crippen LogP contribution in [0.1, 0.15) is 34.6 Å². The molecule has 0 saturated carbocycles. The predicted octanol–water partition coefficient (Wildman–Crippen LogP) is 0.926. The van der Waals surface area contributed by atoms with E-state index in [2.05, 4.69) is 44.8 Å². The molecule has 1 atom stereocenters. The van der Waals surface area contributed by atoms with E-state index in [1.54, 1.807) is 0 Å². The van der Waals surface area contributed by atoms with Crippen LogP contribution in [0.2, 0.25) is 0 Å². The first-order chi connectivity index (χ1) is 7.61. The lowest BCUT2D eigenvalue weighted by atomic mass is 9.90. The van der Waals surface area contributed by atoms with Gasteiger partial charge in [-0.2, -0.15) is 0 Å². The van der Waals surface area contributed by atoms with Crippen LogP contribution >= 0.6 is 0 Å². The number of hydrogen-bond acceptors (Lipinski definition) is 3. The maximum atomic E-state index is 12.4. The van der Waals surface area contributed by atoms with E-state index in [0.717, 1.165) is 6.54 Å². The van der Waals surface area contributed by atoms with Crippen molar-refractivity contribution < 1.29 is 4.79 Å². The van der Waals surface area contributed by atoms with Crippen LogP contribution in [0.5, 0.6) is 0 Å². The van der Waals surface area contributed by atoms with Crippen molar-refractivity contribution in [2.24, 2.45) is 0 Å². The first-order valence-corrected chi connectivity index (χ1v) is 6.30. The van der Waals surface area contributed by atoms with Crippen molar-refractivity contribution in [1.29, 1.82) is 0 Å². The van der Waals surface area contributed by atoms with Gasteiger partial charge in [0.25, 0.3) is 0 Å². The van der Waals surface area contributed by atoms with Crippen LogP contribution in [0.4, 0.5) is 0 Å². The number of piperazine rings is 1. The number of rotatable bonds is 2. The van der Waals surface area contributed by atoms with Crippen LogP contribution < -0.4 is 5.32 Å². The first-order valence-electron chi connectivity index (χ1n) is 6.30. The van der Waals surface area contributed by atoms with Crippen LogP contribution in [0.3, 0.4) is 0 Å². The van der Waals surface area contributed by atoms with Gasteiger partial charge in [0.15, 0.2) is 0 Å². The Morgan fingerprint density at radius 2 is 1.94 bits per heavy atom. The topological polar surface area (TPSA) is 35.6 Å². The van der Waals surface area contributed by atoms with Gasteiger partial charge in [-0.3, -0.25) is 9.69 Å². The van der Waals surface area contributed by atoms with E-state index in [-0.39, 0.29) is 23.0 Å². The van der Waals surface area contributed by atoms with Gasteiger partial charge in [0.05, 0.1) is 0 Å². The monoisotopic (exact) mass is 241 g/mol. The van der Waals surface area contributed by atoms with Crippen LogP contribution in [-0.4, -0.2) is 60.0 Å². The van der Waals surface area contributed by atoms with E-state index >= 15 is 0 Å². The lowest BCUT2D eigenvalue weighted by molar-refractivity contribution is -0.153. The second-order valence-electron chi connectivity index (χ2n) is 6.58. The van der Waals surface area contributed by atoms with Gasteiger partial charge in [-0.15, -0.1) is 0 Å². The minimum absolute atomic E-state index is 0.00963. The molecule has 1 rings (SSSR count). The number of nitrogens with one attached hydrogen (secondary N) is 1. The van der Waals surface area contributed by atoms with Gasteiger partial charge in [0.1, 0.15) is 6.04 Å². The molecule has 4 heteroatoms. The summed E-state index contributed by atoms with van der Waals surface area (Å²) in [6.45, 7) is 12.4. The number of amides is 1. The third-order valence-electron chi connectivity index (χ3n) is 3.72. The molecule has 1 aliphatic heterocycles. The largest absolute Gasteiger partial charge is 0.338 e. The van der Waals surface area contributed by atoms with E-state index < -0.39 is 0 Å². The Hall–Kier alpha value is -0.610. The van der Waals surface area contributed by atoms with Gasteiger partial charge < -0.3 is 10.2 Å². The molecule has 1 heterocycles. The number of likely N-dealkylation sites (N-methyl/N-ethyl adjacent to an activating group) is 2. The third-order valence-corrected chi connectivity index (χ3v) is 3.72. The number of nitrogens with zero attached hydrogens (tertiary/aromatic N) is 2. The van der Waals surface area contributed by atoms with Gasteiger partial charge >= 0.3 is 0 Å². The summed E-state index contributed by atoms with van der Waals surface area (Å²) in [5.74, 6) is 0.213. The van der Waals surface area contributed by atoms with E-state index in [0.29, 0.717) is 6.54 Å². The number of carbonyl (C=O) groups is 1. The molecule has 1 unspecified atom stereocenters. The molecule has 100 valence electrons. The van der Waals surface area contributed by atoms with E-state index in [1.807, 2.05) is 19.0 Å². The average molecular weight is 241 g/mol. The summed E-state index contributed by atoms with van der Waals surface area (Å²) in [7, 11) is 3.80. The highest BCUT2D eigenvalue weighted by atomic mass is 16.2. The van der Waals surface area contributed by atoms with Crippen molar-refractivity contribution in [1.82, 2.24) is 15.1 Å². The Balaban J connectivity index is 3.04. The van der Waals surface area contributed by atoms with Crippen molar-refractivity contribution in [3.05, 3.63) is 0 Å². The minimum atomic E-state index is -0.103. The molecule has 0 radical (unpaired) electrons. The highest BCUT2D eigenvalue weighted by Crippen LogP contribution is 2.29. The van der Waals surface area contributed by atoms with E-state index in [1.165, 1.54) is 0 Å². The average Bonchev–Trinajstić information content (AvgIpc) is 2.17. The van der Waals surface area contributed by atoms with Crippen molar-refractivity contribution in [3.8, 4) is 0 Å². The SMILES string of the molecule is CNCC1C(=O)N(C)C(C)(C)CN1C(C)(C)C. The standard InChI is InChI=1S/C13H27N3O/c1-12(2,3)16-9-13(4,5)15(7)11(17)10(16)8-14-6/h10,14H,8-9H2,1-7H3. The summed E-state index contributed by atoms with van der Waals surface area (Å²) in [6, 6.07) is -0.0574. The fourth-order valence-corrected chi connectivity index (χ4v) is 2.38. The Morgan fingerprint density at radius 1 is 1.41 bits per heavy atom. The van der Waals surface area contributed by atoms with Crippen molar-refractivity contribution in [3.63, 3.8) is 0 Å². The smallest absolute Gasteiger partial charge is 0.241 e. The molecule has 1 N–H and O–H groups in total. The normalized spacial score (nSPS) is 26.4. The fourth-order valence-electron chi connectivity index (χ4n) is 2.38. The van der Waals surface area contributed by atoms with E-state index in [4.69, 9.17) is 0 Å². The van der Waals surface area contributed by atoms with Crippen molar-refractivity contribution in [2.45, 2.75) is 51.7 Å². The molecule has 0 aromatic carbocycles. The maximum absolute atomic E-state index is 12.4. The van der Waals surface area contributed by atoms with E-state index in [9.17, 15) is 4.79 Å². The molecular formula is C13H27N3O. The predicted molar refractivity (Wildman–Crippen MR) is 71.0 cm³/mol. The molecule has 0 bridgehead atoms. The summed E-state index contributed by atoms with van der Waals surface area (Å²) in [5, 5.41) is 3.13. The minimum Gasteiger partial charge on any atom is -0.338 e. The van der Waals surface area contributed by atoms with Crippen LogP contribution in [0.25, 0.3) is 0 Å². The quantitative estimate of drug-likeness (QED) is 0.781. The Labute approximate surface area is 105 Å².